The number of carbonyl (C=O) groups excluding carboxylic acids is 1. The van der Waals surface area contributed by atoms with E-state index in [2.05, 4.69) is 22.2 Å². The van der Waals surface area contributed by atoms with Crippen molar-refractivity contribution in [3.05, 3.63) is 42.2 Å². The van der Waals surface area contributed by atoms with E-state index in [1.54, 1.807) is 12.4 Å². The zero-order valence-electron chi connectivity index (χ0n) is 11.0. The Balaban J connectivity index is 1.92. The molecule has 19 heavy (non-hydrogen) atoms. The van der Waals surface area contributed by atoms with E-state index in [1.807, 2.05) is 31.2 Å². The van der Waals surface area contributed by atoms with Crippen LogP contribution in [0.15, 0.2) is 41.8 Å². The van der Waals surface area contributed by atoms with Crippen molar-refractivity contribution in [2.75, 3.05) is 5.32 Å². The van der Waals surface area contributed by atoms with E-state index in [9.17, 15) is 4.79 Å². The first-order valence-electron chi connectivity index (χ1n) is 6.25. The first kappa shape index (κ1) is 13.7. The fourth-order valence-electron chi connectivity index (χ4n) is 1.60. The molecule has 1 atom stereocenters. The number of aromatic nitrogens is 2. The molecule has 1 aromatic heterocycles. The summed E-state index contributed by atoms with van der Waals surface area (Å²) in [5.41, 5.74) is 2.09. The number of nitrogens with one attached hydrogen (secondary N) is 2. The highest BCUT2D eigenvalue weighted by Gasteiger charge is 2.15. The molecule has 0 aliphatic heterocycles. The van der Waals surface area contributed by atoms with Gasteiger partial charge < -0.3 is 10.3 Å². The molecule has 0 saturated heterocycles. The van der Waals surface area contributed by atoms with Crippen LogP contribution in [-0.4, -0.2) is 21.1 Å². The minimum absolute atomic E-state index is 0.0225. The van der Waals surface area contributed by atoms with E-state index in [0.717, 1.165) is 17.3 Å². The van der Waals surface area contributed by atoms with Gasteiger partial charge in [0.25, 0.3) is 0 Å². The highest BCUT2D eigenvalue weighted by molar-refractivity contribution is 8.00. The van der Waals surface area contributed by atoms with Crippen LogP contribution in [-0.2, 0) is 11.2 Å². The largest absolute Gasteiger partial charge is 0.340 e. The number of amides is 1. The van der Waals surface area contributed by atoms with Crippen molar-refractivity contribution in [2.45, 2.75) is 30.7 Å². The minimum Gasteiger partial charge on any atom is -0.340 e. The van der Waals surface area contributed by atoms with Gasteiger partial charge in [-0.05, 0) is 31.0 Å². The molecule has 5 heteroatoms. The Hall–Kier alpha value is -1.75. The smallest absolute Gasteiger partial charge is 0.237 e. The fraction of sp³-hybridized carbons (Fsp3) is 0.286. The van der Waals surface area contributed by atoms with Crippen molar-refractivity contribution in [3.63, 3.8) is 0 Å². The molecule has 1 heterocycles. The lowest BCUT2D eigenvalue weighted by atomic mass is 10.1. The minimum atomic E-state index is -0.197. The molecule has 0 aliphatic rings. The van der Waals surface area contributed by atoms with Crippen LogP contribution >= 0.6 is 11.8 Å². The summed E-state index contributed by atoms with van der Waals surface area (Å²) < 4.78 is 0. The van der Waals surface area contributed by atoms with Crippen molar-refractivity contribution >= 4 is 23.4 Å². The molecule has 0 spiro atoms. The maximum atomic E-state index is 12.0. The van der Waals surface area contributed by atoms with Crippen LogP contribution in [0.1, 0.15) is 19.4 Å². The van der Waals surface area contributed by atoms with Crippen molar-refractivity contribution < 1.29 is 4.79 Å². The zero-order chi connectivity index (χ0) is 13.7. The van der Waals surface area contributed by atoms with Gasteiger partial charge in [0.2, 0.25) is 5.91 Å². The molecule has 1 aromatic carbocycles. The van der Waals surface area contributed by atoms with E-state index >= 15 is 0 Å². The number of H-pyrrole nitrogens is 1. The number of anilines is 1. The number of benzene rings is 1. The summed E-state index contributed by atoms with van der Waals surface area (Å²) in [6.07, 6.45) is 4.42. The van der Waals surface area contributed by atoms with Gasteiger partial charge >= 0.3 is 0 Å². The van der Waals surface area contributed by atoms with E-state index in [0.29, 0.717) is 0 Å². The van der Waals surface area contributed by atoms with Gasteiger partial charge in [-0.2, -0.15) is 0 Å². The van der Waals surface area contributed by atoms with Gasteiger partial charge in [-0.3, -0.25) is 4.79 Å². The summed E-state index contributed by atoms with van der Waals surface area (Å²) in [7, 11) is 0. The first-order valence-corrected chi connectivity index (χ1v) is 7.13. The van der Waals surface area contributed by atoms with Gasteiger partial charge in [0, 0.05) is 18.1 Å². The van der Waals surface area contributed by atoms with Gasteiger partial charge in [-0.25, -0.2) is 4.98 Å². The Labute approximate surface area is 117 Å². The summed E-state index contributed by atoms with van der Waals surface area (Å²) >= 11 is 1.41. The molecule has 2 rings (SSSR count). The van der Waals surface area contributed by atoms with E-state index in [4.69, 9.17) is 0 Å². The van der Waals surface area contributed by atoms with E-state index in [-0.39, 0.29) is 11.2 Å². The lowest BCUT2D eigenvalue weighted by Gasteiger charge is -2.10. The molecule has 2 N–H and O–H groups in total. The van der Waals surface area contributed by atoms with Gasteiger partial charge in [0.15, 0.2) is 5.16 Å². The normalized spacial score (nSPS) is 12.1. The third kappa shape index (κ3) is 3.86. The highest BCUT2D eigenvalue weighted by Crippen LogP contribution is 2.20. The van der Waals surface area contributed by atoms with Crippen LogP contribution in [0.4, 0.5) is 5.69 Å². The summed E-state index contributed by atoms with van der Waals surface area (Å²) in [4.78, 5) is 19.1. The third-order valence-electron chi connectivity index (χ3n) is 2.76. The number of hydrogen-bond donors (Lipinski definition) is 2. The molecule has 2 aromatic rings. The number of imidazole rings is 1. The van der Waals surface area contributed by atoms with Gasteiger partial charge in [-0.15, -0.1) is 0 Å². The number of hydrogen-bond acceptors (Lipinski definition) is 3. The predicted molar refractivity (Wildman–Crippen MR) is 78.4 cm³/mol. The maximum absolute atomic E-state index is 12.0. The Morgan fingerprint density at radius 1 is 1.42 bits per heavy atom. The van der Waals surface area contributed by atoms with Crippen LogP contribution in [0.25, 0.3) is 0 Å². The molecule has 0 fully saturated rings. The first-order chi connectivity index (χ1) is 9.19. The lowest BCUT2D eigenvalue weighted by Crippen LogP contribution is -2.22. The monoisotopic (exact) mass is 275 g/mol. The number of thioether (sulfide) groups is 1. The number of aryl methyl sites for hydroxylation is 1. The topological polar surface area (TPSA) is 57.8 Å². The molecular formula is C14H17N3OS. The standard InChI is InChI=1S/C14H17N3OS/c1-3-11-4-6-12(7-5-11)17-13(18)10(2)19-14-15-8-9-16-14/h4-10H,3H2,1-2H3,(H,15,16)(H,17,18). The van der Waals surface area contributed by atoms with Crippen LogP contribution in [0.5, 0.6) is 0 Å². The Morgan fingerprint density at radius 3 is 2.74 bits per heavy atom. The molecule has 0 aliphatic carbocycles. The Bertz CT molecular complexity index is 522. The average molecular weight is 275 g/mol. The second kappa shape index (κ2) is 6.43. The molecular weight excluding hydrogens is 258 g/mol. The average Bonchev–Trinajstić information content (AvgIpc) is 2.92. The van der Waals surface area contributed by atoms with Crippen LogP contribution in [0.2, 0.25) is 0 Å². The number of carbonyl (C=O) groups is 1. The van der Waals surface area contributed by atoms with Crippen LogP contribution < -0.4 is 5.32 Å². The van der Waals surface area contributed by atoms with Crippen molar-refractivity contribution in [1.82, 2.24) is 9.97 Å². The van der Waals surface area contributed by atoms with Gasteiger partial charge in [0.05, 0.1) is 5.25 Å². The highest BCUT2D eigenvalue weighted by atomic mass is 32.2. The van der Waals surface area contributed by atoms with Gasteiger partial charge in [0.1, 0.15) is 0 Å². The summed E-state index contributed by atoms with van der Waals surface area (Å²) in [5, 5.41) is 3.46. The van der Waals surface area contributed by atoms with Gasteiger partial charge in [-0.1, -0.05) is 30.8 Å². The SMILES string of the molecule is CCc1ccc(NC(=O)C(C)Sc2ncc[nH]2)cc1. The maximum Gasteiger partial charge on any atom is 0.237 e. The van der Waals surface area contributed by atoms with Crippen LogP contribution in [0, 0.1) is 0 Å². The van der Waals surface area contributed by atoms with Crippen LogP contribution in [0.3, 0.4) is 0 Å². The number of aromatic amines is 1. The summed E-state index contributed by atoms with van der Waals surface area (Å²) in [6.45, 7) is 3.97. The molecule has 100 valence electrons. The summed E-state index contributed by atoms with van der Waals surface area (Å²) in [5.74, 6) is -0.0225. The van der Waals surface area contributed by atoms with E-state index in [1.165, 1.54) is 17.3 Å². The summed E-state index contributed by atoms with van der Waals surface area (Å²) in [6, 6.07) is 7.92. The molecule has 1 unspecified atom stereocenters. The zero-order valence-corrected chi connectivity index (χ0v) is 11.8. The molecule has 4 nitrogen and oxygen atoms in total. The third-order valence-corrected chi connectivity index (χ3v) is 3.77. The lowest BCUT2D eigenvalue weighted by molar-refractivity contribution is -0.115. The predicted octanol–water partition coefficient (Wildman–Crippen LogP) is 3.09. The Kier molecular flexibility index (Phi) is 4.63. The molecule has 0 bridgehead atoms. The molecule has 0 saturated carbocycles. The van der Waals surface area contributed by atoms with Crippen molar-refractivity contribution in [1.29, 1.82) is 0 Å². The van der Waals surface area contributed by atoms with Crippen molar-refractivity contribution in [3.8, 4) is 0 Å². The number of rotatable bonds is 5. The second-order valence-corrected chi connectivity index (χ2v) is 5.52. The Morgan fingerprint density at radius 2 is 2.16 bits per heavy atom. The van der Waals surface area contributed by atoms with E-state index < -0.39 is 0 Å². The number of nitrogens with zero attached hydrogens (tertiary/aromatic N) is 1. The fourth-order valence-corrected chi connectivity index (χ4v) is 2.36. The second-order valence-electron chi connectivity index (χ2n) is 4.19. The molecule has 1 amide bonds. The van der Waals surface area contributed by atoms with Crippen molar-refractivity contribution in [2.24, 2.45) is 0 Å². The molecule has 0 radical (unpaired) electrons. The quantitative estimate of drug-likeness (QED) is 0.824.